The van der Waals surface area contributed by atoms with Crippen LogP contribution in [0.2, 0.25) is 0 Å². The average molecular weight is 310 g/mol. The molecule has 2 saturated heterocycles. The van der Waals surface area contributed by atoms with E-state index >= 15 is 0 Å². The Balaban J connectivity index is 1.66. The van der Waals surface area contributed by atoms with Crippen molar-refractivity contribution in [3.05, 3.63) is 11.1 Å². The van der Waals surface area contributed by atoms with Crippen molar-refractivity contribution in [2.45, 2.75) is 31.9 Å². The zero-order valence-electron chi connectivity index (χ0n) is 11.7. The van der Waals surface area contributed by atoms with Crippen molar-refractivity contribution in [2.24, 2.45) is 5.73 Å². The Bertz CT molecular complexity index is 547. The van der Waals surface area contributed by atoms with Gasteiger partial charge in [0.1, 0.15) is 6.10 Å². The Kier molecular flexibility index (Phi) is 4.07. The summed E-state index contributed by atoms with van der Waals surface area (Å²) >= 11 is 1.39. The molecular weight excluding hydrogens is 292 g/mol. The molecule has 0 saturated carbocycles. The highest BCUT2D eigenvalue weighted by Gasteiger charge is 2.33. The Labute approximate surface area is 126 Å². The molecule has 1 aromatic rings. The van der Waals surface area contributed by atoms with Crippen molar-refractivity contribution < 1.29 is 14.3 Å². The molecule has 0 aliphatic carbocycles. The van der Waals surface area contributed by atoms with Crippen LogP contribution in [-0.2, 0) is 16.1 Å². The number of piperidine rings is 1. The van der Waals surface area contributed by atoms with Crippen LogP contribution in [0.3, 0.4) is 0 Å². The van der Waals surface area contributed by atoms with Gasteiger partial charge in [-0.05, 0) is 12.8 Å². The standard InChI is InChI=1S/C13H18N4O3S/c14-5-10-7-17(13(19)20-10)12-15-9(8-21-12)6-16-4-2-1-3-11(16)18/h8,10H,1-7,14H2/t10-/m0/s1. The van der Waals surface area contributed by atoms with Crippen molar-refractivity contribution in [2.75, 3.05) is 24.5 Å². The average Bonchev–Trinajstić information content (AvgIpc) is 3.07. The first kappa shape index (κ1) is 14.3. The number of hydrogen-bond acceptors (Lipinski definition) is 6. The van der Waals surface area contributed by atoms with E-state index in [0.29, 0.717) is 31.2 Å². The van der Waals surface area contributed by atoms with Crippen LogP contribution in [0.5, 0.6) is 0 Å². The number of likely N-dealkylation sites (tertiary alicyclic amines) is 1. The van der Waals surface area contributed by atoms with Crippen LogP contribution in [0, 0.1) is 0 Å². The summed E-state index contributed by atoms with van der Waals surface area (Å²) in [6.45, 7) is 2.04. The van der Waals surface area contributed by atoms with Gasteiger partial charge in [-0.1, -0.05) is 0 Å². The summed E-state index contributed by atoms with van der Waals surface area (Å²) in [5, 5.41) is 2.50. The second-order valence-electron chi connectivity index (χ2n) is 5.25. The maximum absolute atomic E-state index is 11.8. The third-order valence-corrected chi connectivity index (χ3v) is 4.59. The fraction of sp³-hybridized carbons (Fsp3) is 0.615. The number of ether oxygens (including phenoxy) is 1. The van der Waals surface area contributed by atoms with Crippen LogP contribution in [-0.4, -0.2) is 47.6 Å². The van der Waals surface area contributed by atoms with Crippen molar-refractivity contribution >= 4 is 28.5 Å². The largest absolute Gasteiger partial charge is 0.443 e. The van der Waals surface area contributed by atoms with Gasteiger partial charge in [0.15, 0.2) is 5.13 Å². The first-order valence-electron chi connectivity index (χ1n) is 7.08. The van der Waals surface area contributed by atoms with Gasteiger partial charge in [-0.15, -0.1) is 11.3 Å². The lowest BCUT2D eigenvalue weighted by Crippen LogP contribution is -2.34. The van der Waals surface area contributed by atoms with E-state index in [1.807, 2.05) is 10.3 Å². The van der Waals surface area contributed by atoms with Crippen LogP contribution in [0.1, 0.15) is 25.0 Å². The molecule has 3 heterocycles. The SMILES string of the molecule is NC[C@H]1CN(c2nc(CN3CCCCC3=O)cs2)C(=O)O1. The molecule has 0 bridgehead atoms. The maximum atomic E-state index is 11.8. The van der Waals surface area contributed by atoms with E-state index in [4.69, 9.17) is 10.5 Å². The third kappa shape index (κ3) is 3.01. The minimum Gasteiger partial charge on any atom is -0.443 e. The fourth-order valence-electron chi connectivity index (χ4n) is 2.52. The van der Waals surface area contributed by atoms with Gasteiger partial charge in [0.2, 0.25) is 5.91 Å². The van der Waals surface area contributed by atoms with E-state index in [0.717, 1.165) is 25.1 Å². The molecule has 7 nitrogen and oxygen atoms in total. The Morgan fingerprint density at radius 3 is 3.00 bits per heavy atom. The highest BCUT2D eigenvalue weighted by atomic mass is 32.1. The summed E-state index contributed by atoms with van der Waals surface area (Å²) in [5.74, 6) is 0.180. The fourth-order valence-corrected chi connectivity index (χ4v) is 3.33. The lowest BCUT2D eigenvalue weighted by atomic mass is 10.1. The van der Waals surface area contributed by atoms with Gasteiger partial charge in [-0.2, -0.15) is 0 Å². The Morgan fingerprint density at radius 2 is 2.29 bits per heavy atom. The quantitative estimate of drug-likeness (QED) is 0.894. The van der Waals surface area contributed by atoms with Crippen molar-refractivity contribution in [1.29, 1.82) is 0 Å². The van der Waals surface area contributed by atoms with Gasteiger partial charge >= 0.3 is 6.09 Å². The number of nitrogens with zero attached hydrogens (tertiary/aromatic N) is 3. The molecule has 0 radical (unpaired) electrons. The van der Waals surface area contributed by atoms with Gasteiger partial charge in [0.25, 0.3) is 0 Å². The van der Waals surface area contributed by atoms with E-state index in [1.54, 1.807) is 0 Å². The second kappa shape index (κ2) is 5.98. The molecular formula is C13H18N4O3S. The van der Waals surface area contributed by atoms with Gasteiger partial charge < -0.3 is 15.4 Å². The molecule has 1 atom stereocenters. The molecule has 21 heavy (non-hydrogen) atoms. The molecule has 8 heteroatoms. The lowest BCUT2D eigenvalue weighted by Gasteiger charge is -2.25. The molecule has 0 aromatic carbocycles. The molecule has 114 valence electrons. The Morgan fingerprint density at radius 1 is 1.43 bits per heavy atom. The number of rotatable bonds is 4. The number of cyclic esters (lactones) is 1. The summed E-state index contributed by atoms with van der Waals surface area (Å²) in [7, 11) is 0. The normalized spacial score (nSPS) is 22.8. The van der Waals surface area contributed by atoms with Crippen molar-refractivity contribution in [3.63, 3.8) is 0 Å². The topological polar surface area (TPSA) is 88.8 Å². The Hall–Kier alpha value is -1.67. The van der Waals surface area contributed by atoms with Crippen molar-refractivity contribution in [1.82, 2.24) is 9.88 Å². The van der Waals surface area contributed by atoms with Crippen molar-refractivity contribution in [3.8, 4) is 0 Å². The minimum absolute atomic E-state index is 0.180. The molecule has 2 aliphatic rings. The number of thiazole rings is 1. The highest BCUT2D eigenvalue weighted by Crippen LogP contribution is 2.26. The summed E-state index contributed by atoms with van der Waals surface area (Å²) in [5.41, 5.74) is 6.33. The van der Waals surface area contributed by atoms with Crippen LogP contribution >= 0.6 is 11.3 Å². The lowest BCUT2D eigenvalue weighted by molar-refractivity contribution is -0.133. The second-order valence-corrected chi connectivity index (χ2v) is 6.08. The van der Waals surface area contributed by atoms with E-state index in [1.165, 1.54) is 16.2 Å². The summed E-state index contributed by atoms with van der Waals surface area (Å²) < 4.78 is 5.12. The monoisotopic (exact) mass is 310 g/mol. The molecule has 1 aromatic heterocycles. The van der Waals surface area contributed by atoms with Gasteiger partial charge in [-0.25, -0.2) is 14.7 Å². The highest BCUT2D eigenvalue weighted by molar-refractivity contribution is 7.14. The zero-order valence-corrected chi connectivity index (χ0v) is 12.5. The van der Waals surface area contributed by atoms with Crippen LogP contribution in [0.15, 0.2) is 5.38 Å². The number of anilines is 1. The molecule has 0 unspecified atom stereocenters. The van der Waals surface area contributed by atoms with Gasteiger partial charge in [0, 0.05) is 24.9 Å². The van der Waals surface area contributed by atoms with E-state index < -0.39 is 6.09 Å². The van der Waals surface area contributed by atoms with Gasteiger partial charge in [0.05, 0.1) is 18.8 Å². The predicted molar refractivity (Wildman–Crippen MR) is 78.1 cm³/mol. The molecule has 2 amide bonds. The number of nitrogens with two attached hydrogens (primary N) is 1. The van der Waals surface area contributed by atoms with Crippen LogP contribution < -0.4 is 10.6 Å². The van der Waals surface area contributed by atoms with Crippen LogP contribution in [0.25, 0.3) is 0 Å². The van der Waals surface area contributed by atoms with Crippen LogP contribution in [0.4, 0.5) is 9.93 Å². The summed E-state index contributed by atoms with van der Waals surface area (Å²) in [6, 6.07) is 0. The van der Waals surface area contributed by atoms with E-state index in [-0.39, 0.29) is 12.0 Å². The third-order valence-electron chi connectivity index (χ3n) is 3.68. The number of carbonyl (C=O) groups is 2. The summed E-state index contributed by atoms with van der Waals surface area (Å²) in [6.07, 6.45) is 1.96. The molecule has 0 spiro atoms. The summed E-state index contributed by atoms with van der Waals surface area (Å²) in [4.78, 5) is 31.3. The number of amides is 2. The minimum atomic E-state index is -0.402. The maximum Gasteiger partial charge on any atom is 0.416 e. The van der Waals surface area contributed by atoms with Gasteiger partial charge in [-0.3, -0.25) is 4.79 Å². The zero-order chi connectivity index (χ0) is 14.8. The number of hydrogen-bond donors (Lipinski definition) is 1. The predicted octanol–water partition coefficient (Wildman–Crippen LogP) is 0.939. The molecule has 2 aliphatic heterocycles. The number of aromatic nitrogens is 1. The van der Waals surface area contributed by atoms with E-state index in [2.05, 4.69) is 4.98 Å². The smallest absolute Gasteiger partial charge is 0.416 e. The first-order valence-corrected chi connectivity index (χ1v) is 7.95. The molecule has 2 fully saturated rings. The number of carbonyl (C=O) groups excluding carboxylic acids is 2. The first-order chi connectivity index (χ1) is 10.2. The van der Waals surface area contributed by atoms with E-state index in [9.17, 15) is 9.59 Å². The molecule has 3 rings (SSSR count). The molecule has 2 N–H and O–H groups in total.